The van der Waals surface area contributed by atoms with Crippen molar-refractivity contribution in [3.8, 4) is 44.5 Å². The summed E-state index contributed by atoms with van der Waals surface area (Å²) in [5, 5.41) is 2.49. The summed E-state index contributed by atoms with van der Waals surface area (Å²) in [6, 6.07) is 71.8. The summed E-state index contributed by atoms with van der Waals surface area (Å²) in [6.45, 7) is 0. The molecule has 1 nitrogen and oxygen atoms in total. The molecule has 0 N–H and O–H groups in total. The normalized spacial score (nSPS) is 11.0. The van der Waals surface area contributed by atoms with Gasteiger partial charge in [0.1, 0.15) is 0 Å². The lowest BCUT2D eigenvalue weighted by Gasteiger charge is -2.29. The molecule has 0 aliphatic heterocycles. The van der Waals surface area contributed by atoms with Crippen LogP contribution in [-0.2, 0) is 0 Å². The predicted molar refractivity (Wildman–Crippen MR) is 200 cm³/mol. The third kappa shape index (κ3) is 5.72. The molecule has 0 spiro atoms. The SMILES string of the molecule is c1ccc(-c2ccc(-c3ccc(N(c4ccccc4)c4cc(-c5cccc6ccccc56)ccc4-c4ccccc4)cc3)cc2)cc1. The molecular weight excluding hydrogens is 567 g/mol. The molecule has 0 bridgehead atoms. The number of hydrogen-bond donors (Lipinski definition) is 0. The Hall–Kier alpha value is -6.18. The Balaban J connectivity index is 1.25. The van der Waals surface area contributed by atoms with Gasteiger partial charge in [0.25, 0.3) is 0 Å². The van der Waals surface area contributed by atoms with Gasteiger partial charge in [-0.2, -0.15) is 0 Å². The molecule has 0 saturated carbocycles. The zero-order valence-corrected chi connectivity index (χ0v) is 26.0. The van der Waals surface area contributed by atoms with Crippen molar-refractivity contribution in [1.29, 1.82) is 0 Å². The summed E-state index contributed by atoms with van der Waals surface area (Å²) in [5.74, 6) is 0. The van der Waals surface area contributed by atoms with Gasteiger partial charge in [0.05, 0.1) is 5.69 Å². The minimum Gasteiger partial charge on any atom is -0.310 e. The highest BCUT2D eigenvalue weighted by molar-refractivity contribution is 5.99. The summed E-state index contributed by atoms with van der Waals surface area (Å²) < 4.78 is 0. The maximum absolute atomic E-state index is 2.39. The van der Waals surface area contributed by atoms with Crippen LogP contribution in [0.25, 0.3) is 55.3 Å². The molecule has 222 valence electrons. The first-order valence-corrected chi connectivity index (χ1v) is 16.1. The lowest BCUT2D eigenvalue weighted by atomic mass is 9.94. The van der Waals surface area contributed by atoms with Gasteiger partial charge in [0.2, 0.25) is 0 Å². The molecule has 0 aliphatic rings. The van der Waals surface area contributed by atoms with Gasteiger partial charge in [-0.15, -0.1) is 0 Å². The fourth-order valence-electron chi connectivity index (χ4n) is 6.52. The molecule has 0 aromatic heterocycles. The molecule has 0 saturated heterocycles. The minimum absolute atomic E-state index is 1.10. The monoisotopic (exact) mass is 599 g/mol. The summed E-state index contributed by atoms with van der Waals surface area (Å²) in [5.41, 5.74) is 13.0. The van der Waals surface area contributed by atoms with E-state index in [1.54, 1.807) is 0 Å². The van der Waals surface area contributed by atoms with Crippen LogP contribution in [0.5, 0.6) is 0 Å². The molecule has 8 aromatic carbocycles. The molecule has 1 heteroatoms. The maximum atomic E-state index is 2.39. The maximum Gasteiger partial charge on any atom is 0.0546 e. The van der Waals surface area contributed by atoms with Crippen molar-refractivity contribution in [1.82, 2.24) is 0 Å². The molecule has 0 amide bonds. The van der Waals surface area contributed by atoms with Crippen molar-refractivity contribution in [2.24, 2.45) is 0 Å². The van der Waals surface area contributed by atoms with E-state index in [9.17, 15) is 0 Å². The van der Waals surface area contributed by atoms with Crippen molar-refractivity contribution in [3.63, 3.8) is 0 Å². The zero-order chi connectivity index (χ0) is 31.4. The molecule has 0 aliphatic carbocycles. The van der Waals surface area contributed by atoms with Crippen molar-refractivity contribution in [3.05, 3.63) is 200 Å². The van der Waals surface area contributed by atoms with Crippen LogP contribution >= 0.6 is 0 Å². The zero-order valence-electron chi connectivity index (χ0n) is 26.0. The molecule has 8 aromatic rings. The van der Waals surface area contributed by atoms with Crippen LogP contribution in [0.15, 0.2) is 200 Å². The Bertz CT molecular complexity index is 2250. The summed E-state index contributed by atoms with van der Waals surface area (Å²) in [6.07, 6.45) is 0. The second-order valence-electron chi connectivity index (χ2n) is 11.8. The molecule has 0 atom stereocenters. The fourth-order valence-corrected chi connectivity index (χ4v) is 6.52. The first-order chi connectivity index (χ1) is 23.3. The summed E-state index contributed by atoms with van der Waals surface area (Å²) in [7, 11) is 0. The van der Waals surface area contributed by atoms with Crippen LogP contribution in [0.3, 0.4) is 0 Å². The van der Waals surface area contributed by atoms with Crippen LogP contribution in [-0.4, -0.2) is 0 Å². The average Bonchev–Trinajstić information content (AvgIpc) is 3.16. The van der Waals surface area contributed by atoms with Gasteiger partial charge in [-0.3, -0.25) is 0 Å². The Morgan fingerprint density at radius 3 is 1.40 bits per heavy atom. The standard InChI is InChI=1S/C46H33N/c1-4-13-34(14-5-1)35-23-25-36(26-24-35)37-27-30-42(31-28-37)47(41-19-8-3-9-20-41)46-33-40(29-32-45(46)39-15-6-2-7-16-39)44-22-12-18-38-17-10-11-21-43(38)44/h1-33H. The van der Waals surface area contributed by atoms with Crippen molar-refractivity contribution in [2.45, 2.75) is 0 Å². The van der Waals surface area contributed by atoms with Crippen LogP contribution in [0.2, 0.25) is 0 Å². The molecular formula is C46H33N. The molecule has 0 heterocycles. The van der Waals surface area contributed by atoms with E-state index in [1.807, 2.05) is 0 Å². The van der Waals surface area contributed by atoms with E-state index in [0.717, 1.165) is 17.1 Å². The largest absolute Gasteiger partial charge is 0.310 e. The van der Waals surface area contributed by atoms with Gasteiger partial charge in [0.15, 0.2) is 0 Å². The topological polar surface area (TPSA) is 3.24 Å². The highest BCUT2D eigenvalue weighted by atomic mass is 15.1. The third-order valence-electron chi connectivity index (χ3n) is 8.89. The van der Waals surface area contributed by atoms with Gasteiger partial charge in [-0.25, -0.2) is 0 Å². The highest BCUT2D eigenvalue weighted by Gasteiger charge is 2.19. The minimum atomic E-state index is 1.10. The first-order valence-electron chi connectivity index (χ1n) is 16.1. The first kappa shape index (κ1) is 28.3. The van der Waals surface area contributed by atoms with Gasteiger partial charge < -0.3 is 4.90 Å². The predicted octanol–water partition coefficient (Wildman–Crippen LogP) is 13.0. The second-order valence-corrected chi connectivity index (χ2v) is 11.8. The molecule has 0 fully saturated rings. The van der Waals surface area contributed by atoms with Crippen molar-refractivity contribution >= 4 is 27.8 Å². The summed E-state index contributed by atoms with van der Waals surface area (Å²) >= 11 is 0. The number of benzene rings is 8. The third-order valence-corrected chi connectivity index (χ3v) is 8.89. The number of rotatable bonds is 7. The van der Waals surface area contributed by atoms with E-state index in [0.29, 0.717) is 0 Å². The quantitative estimate of drug-likeness (QED) is 0.176. The van der Waals surface area contributed by atoms with Gasteiger partial charge in [-0.05, 0) is 80.0 Å². The smallest absolute Gasteiger partial charge is 0.0546 e. The highest BCUT2D eigenvalue weighted by Crippen LogP contribution is 2.44. The van der Waals surface area contributed by atoms with Gasteiger partial charge in [0, 0.05) is 16.9 Å². The van der Waals surface area contributed by atoms with E-state index in [4.69, 9.17) is 0 Å². The van der Waals surface area contributed by atoms with E-state index in [2.05, 4.69) is 205 Å². The molecule has 0 radical (unpaired) electrons. The van der Waals surface area contributed by atoms with Crippen molar-refractivity contribution in [2.75, 3.05) is 4.90 Å². The van der Waals surface area contributed by atoms with E-state index >= 15 is 0 Å². The Morgan fingerprint density at radius 1 is 0.277 bits per heavy atom. The van der Waals surface area contributed by atoms with Crippen molar-refractivity contribution < 1.29 is 0 Å². The van der Waals surface area contributed by atoms with Crippen LogP contribution < -0.4 is 4.90 Å². The Morgan fingerprint density at radius 2 is 0.745 bits per heavy atom. The van der Waals surface area contributed by atoms with Crippen LogP contribution in [0.1, 0.15) is 0 Å². The number of anilines is 3. The number of fused-ring (bicyclic) bond motifs is 1. The Kier molecular flexibility index (Phi) is 7.63. The Labute approximate surface area is 276 Å². The fraction of sp³-hybridized carbons (Fsp3) is 0. The number of para-hydroxylation sites is 1. The van der Waals surface area contributed by atoms with Crippen LogP contribution in [0, 0.1) is 0 Å². The molecule has 8 rings (SSSR count). The average molecular weight is 600 g/mol. The second kappa shape index (κ2) is 12.7. The van der Waals surface area contributed by atoms with E-state index in [-0.39, 0.29) is 0 Å². The number of hydrogen-bond acceptors (Lipinski definition) is 1. The molecule has 0 unspecified atom stereocenters. The van der Waals surface area contributed by atoms with E-state index in [1.165, 1.54) is 55.3 Å². The lowest BCUT2D eigenvalue weighted by Crippen LogP contribution is -2.11. The van der Waals surface area contributed by atoms with Gasteiger partial charge >= 0.3 is 0 Å². The lowest BCUT2D eigenvalue weighted by molar-refractivity contribution is 1.28. The van der Waals surface area contributed by atoms with Gasteiger partial charge in [-0.1, -0.05) is 170 Å². The number of nitrogens with zero attached hydrogens (tertiary/aromatic N) is 1. The molecule has 47 heavy (non-hydrogen) atoms. The van der Waals surface area contributed by atoms with E-state index < -0.39 is 0 Å². The summed E-state index contributed by atoms with van der Waals surface area (Å²) in [4.78, 5) is 2.39. The van der Waals surface area contributed by atoms with Crippen LogP contribution in [0.4, 0.5) is 17.1 Å².